The minimum atomic E-state index is -1.61. The van der Waals surface area contributed by atoms with E-state index in [4.69, 9.17) is 14.2 Å². The van der Waals surface area contributed by atoms with Gasteiger partial charge in [-0.25, -0.2) is 0 Å². The van der Waals surface area contributed by atoms with E-state index in [2.05, 4.69) is 62.5 Å². The zero-order valence-electron chi connectivity index (χ0n) is 49.1. The minimum absolute atomic E-state index is 0.124. The molecule has 0 aromatic rings. The van der Waals surface area contributed by atoms with Crippen LogP contribution in [0.15, 0.2) is 48.6 Å². The summed E-state index contributed by atoms with van der Waals surface area (Å²) in [5.41, 5.74) is 0. The van der Waals surface area contributed by atoms with Gasteiger partial charge in [0.1, 0.15) is 24.4 Å². The van der Waals surface area contributed by atoms with Gasteiger partial charge in [0.05, 0.1) is 25.4 Å². The summed E-state index contributed by atoms with van der Waals surface area (Å²) < 4.78 is 17.6. The maximum Gasteiger partial charge on any atom is 0.306 e. The third-order valence-electron chi connectivity index (χ3n) is 15.0. The third-order valence-corrected chi connectivity index (χ3v) is 15.0. The summed E-state index contributed by atoms with van der Waals surface area (Å²) in [6.45, 7) is 5.72. The molecule has 1 heterocycles. The second kappa shape index (κ2) is 53.3. The van der Waals surface area contributed by atoms with Crippen LogP contribution in [0.3, 0.4) is 0 Å². The Bertz CT molecular complexity index is 1420. The number of allylic oxidation sites excluding steroid dienone is 7. The van der Waals surface area contributed by atoms with Crippen LogP contribution in [0, 0.1) is 0 Å². The summed E-state index contributed by atoms with van der Waals surface area (Å²) in [7, 11) is 0. The number of carbonyl (C=O) groups is 2. The van der Waals surface area contributed by atoms with Crippen molar-refractivity contribution in [3.8, 4) is 0 Å². The number of aliphatic hydroxyl groups excluding tert-OH is 5. The number of carbonyl (C=O) groups excluding carboxylic acids is 2. The molecule has 1 aliphatic rings. The Hall–Kier alpha value is -2.38. The molecule has 0 bridgehead atoms. The van der Waals surface area contributed by atoms with E-state index in [1.54, 1.807) is 6.08 Å². The van der Waals surface area contributed by atoms with Crippen LogP contribution >= 0.6 is 0 Å². The van der Waals surface area contributed by atoms with Crippen LogP contribution in [-0.4, -0.2) is 99.6 Å². The second-order valence-electron chi connectivity index (χ2n) is 22.1. The molecule has 76 heavy (non-hydrogen) atoms. The molecule has 0 spiro atoms. The minimum Gasteiger partial charge on any atom is -0.454 e. The average molecular weight is 1070 g/mol. The molecule has 11 nitrogen and oxygen atoms in total. The molecule has 8 atom stereocenters. The molecule has 11 heteroatoms. The SMILES string of the molecule is CCCC/C=C\CCCCCCC(O)C(=O)NC(COC1OC(CO)C(O)C(O)C1OC(=O)CCCCCCCCCCCCCCCCC/C=C\C/C=C\CCCCC)C(O)/C=C/CCCCCCCCCCCC. The number of nitrogens with one attached hydrogen (secondary N) is 1. The van der Waals surface area contributed by atoms with Gasteiger partial charge in [0, 0.05) is 6.42 Å². The fourth-order valence-electron chi connectivity index (χ4n) is 9.84. The first-order chi connectivity index (χ1) is 37.2. The van der Waals surface area contributed by atoms with Crippen molar-refractivity contribution in [3.63, 3.8) is 0 Å². The second-order valence-corrected chi connectivity index (χ2v) is 22.1. The van der Waals surface area contributed by atoms with Crippen molar-refractivity contribution in [1.29, 1.82) is 0 Å². The van der Waals surface area contributed by atoms with E-state index >= 15 is 0 Å². The Balaban J connectivity index is 2.55. The van der Waals surface area contributed by atoms with E-state index in [0.29, 0.717) is 12.8 Å². The zero-order chi connectivity index (χ0) is 55.4. The largest absolute Gasteiger partial charge is 0.454 e. The molecule has 0 saturated carbocycles. The Morgan fingerprint density at radius 3 is 1.42 bits per heavy atom. The van der Waals surface area contributed by atoms with Crippen molar-refractivity contribution in [1.82, 2.24) is 5.32 Å². The van der Waals surface area contributed by atoms with Gasteiger partial charge in [-0.1, -0.05) is 256 Å². The molecule has 1 aliphatic heterocycles. The molecule has 8 unspecified atom stereocenters. The van der Waals surface area contributed by atoms with Gasteiger partial charge in [-0.05, 0) is 77.0 Å². The lowest BCUT2D eigenvalue weighted by Gasteiger charge is -2.41. The smallest absolute Gasteiger partial charge is 0.306 e. The highest BCUT2D eigenvalue weighted by molar-refractivity contribution is 5.80. The number of ether oxygens (including phenoxy) is 3. The summed E-state index contributed by atoms with van der Waals surface area (Å²) in [4.78, 5) is 26.5. The van der Waals surface area contributed by atoms with E-state index in [1.165, 1.54) is 167 Å². The van der Waals surface area contributed by atoms with Crippen LogP contribution in [0.25, 0.3) is 0 Å². The van der Waals surface area contributed by atoms with Gasteiger partial charge >= 0.3 is 5.97 Å². The molecule has 0 radical (unpaired) electrons. The first-order valence-corrected chi connectivity index (χ1v) is 31.9. The molecule has 0 aromatic carbocycles. The number of unbranched alkanes of at least 4 members (excludes halogenated alkanes) is 34. The lowest BCUT2D eigenvalue weighted by molar-refractivity contribution is -0.305. The molecule has 444 valence electrons. The first-order valence-electron chi connectivity index (χ1n) is 31.9. The van der Waals surface area contributed by atoms with Gasteiger partial charge in [0.2, 0.25) is 5.91 Å². The monoisotopic (exact) mass is 1070 g/mol. The Morgan fingerprint density at radius 2 is 0.921 bits per heavy atom. The number of hydrogen-bond acceptors (Lipinski definition) is 10. The van der Waals surface area contributed by atoms with Crippen molar-refractivity contribution >= 4 is 11.9 Å². The van der Waals surface area contributed by atoms with E-state index in [0.717, 1.165) is 77.0 Å². The van der Waals surface area contributed by atoms with Gasteiger partial charge in [-0.15, -0.1) is 0 Å². The van der Waals surface area contributed by atoms with E-state index in [9.17, 15) is 35.1 Å². The van der Waals surface area contributed by atoms with Gasteiger partial charge in [0.15, 0.2) is 12.4 Å². The predicted octanol–water partition coefficient (Wildman–Crippen LogP) is 15.2. The Morgan fingerprint density at radius 1 is 0.513 bits per heavy atom. The lowest BCUT2D eigenvalue weighted by Crippen LogP contribution is -2.61. The van der Waals surface area contributed by atoms with E-state index in [-0.39, 0.29) is 19.4 Å². The molecular formula is C65H119NO10. The van der Waals surface area contributed by atoms with Gasteiger partial charge in [-0.2, -0.15) is 0 Å². The molecule has 1 rings (SSSR count). The molecule has 0 aliphatic carbocycles. The molecule has 0 aromatic heterocycles. The fraction of sp³-hybridized carbons (Fsp3) is 0.846. The van der Waals surface area contributed by atoms with Crippen LogP contribution in [0.4, 0.5) is 0 Å². The van der Waals surface area contributed by atoms with Crippen molar-refractivity contribution in [2.75, 3.05) is 13.2 Å². The number of hydrogen-bond donors (Lipinski definition) is 6. The van der Waals surface area contributed by atoms with Crippen molar-refractivity contribution < 1.29 is 49.3 Å². The highest BCUT2D eigenvalue weighted by atomic mass is 16.7. The maximum absolute atomic E-state index is 13.3. The van der Waals surface area contributed by atoms with Crippen molar-refractivity contribution in [3.05, 3.63) is 48.6 Å². The van der Waals surface area contributed by atoms with Crippen LogP contribution in [0.5, 0.6) is 0 Å². The van der Waals surface area contributed by atoms with Gasteiger partial charge in [0.25, 0.3) is 0 Å². The molecule has 1 saturated heterocycles. The van der Waals surface area contributed by atoms with Crippen molar-refractivity contribution in [2.24, 2.45) is 0 Å². The van der Waals surface area contributed by atoms with Gasteiger partial charge in [-0.3, -0.25) is 9.59 Å². The normalized spacial score (nSPS) is 19.4. The maximum atomic E-state index is 13.3. The summed E-state index contributed by atoms with van der Waals surface area (Å²) in [5, 5.41) is 56.9. The fourth-order valence-corrected chi connectivity index (χ4v) is 9.84. The lowest BCUT2D eigenvalue weighted by atomic mass is 9.99. The number of amides is 1. The molecule has 6 N–H and O–H groups in total. The molecular weight excluding hydrogens is 955 g/mol. The average Bonchev–Trinajstić information content (AvgIpc) is 3.42. The standard InChI is InChI=1S/C65H119NO10/c1-4-7-10-13-16-19-22-24-25-26-27-28-29-30-31-32-33-34-35-36-38-41-44-47-50-53-60(70)76-63-62(72)61(71)59(54-67)75-65(63)74-55-56(57(68)51-48-45-42-40-37-23-20-17-14-11-8-5-2)66-64(73)58(69)52-49-46-43-39-21-18-15-12-9-6-3/h15-16,18-19,24-25,48,51,56-59,61-63,65,67-69,71-72H,4-14,17,20-23,26-47,49-50,52-55H2,1-3H3,(H,66,73)/b18-15-,19-16-,25-24-,51-48+. The van der Waals surface area contributed by atoms with Crippen LogP contribution in [0.1, 0.15) is 290 Å². The number of rotatable bonds is 54. The van der Waals surface area contributed by atoms with E-state index < -0.39 is 67.4 Å². The third kappa shape index (κ3) is 40.8. The van der Waals surface area contributed by atoms with Gasteiger partial charge < -0.3 is 45.1 Å². The highest BCUT2D eigenvalue weighted by Gasteiger charge is 2.47. The quantitative estimate of drug-likeness (QED) is 0.0195. The molecule has 1 fully saturated rings. The first kappa shape index (κ1) is 71.6. The summed E-state index contributed by atoms with van der Waals surface area (Å²) >= 11 is 0. The Kier molecular flexibility index (Phi) is 50.2. The summed E-state index contributed by atoms with van der Waals surface area (Å²) in [6, 6.07) is -1.03. The van der Waals surface area contributed by atoms with Crippen LogP contribution < -0.4 is 5.32 Å². The number of esters is 1. The predicted molar refractivity (Wildman–Crippen MR) is 315 cm³/mol. The topological polar surface area (TPSA) is 175 Å². The zero-order valence-corrected chi connectivity index (χ0v) is 49.1. The highest BCUT2D eigenvalue weighted by Crippen LogP contribution is 2.26. The number of aliphatic hydroxyl groups is 5. The van der Waals surface area contributed by atoms with Crippen molar-refractivity contribution in [2.45, 2.75) is 339 Å². The molecule has 1 amide bonds. The van der Waals surface area contributed by atoms with E-state index in [1.807, 2.05) is 6.08 Å². The summed E-state index contributed by atoms with van der Waals surface area (Å²) in [5.74, 6) is -1.20. The van der Waals surface area contributed by atoms with Crippen LogP contribution in [0.2, 0.25) is 0 Å². The van der Waals surface area contributed by atoms with Crippen LogP contribution in [-0.2, 0) is 23.8 Å². The Labute approximate surface area is 466 Å². The summed E-state index contributed by atoms with van der Waals surface area (Å²) in [6.07, 6.45) is 54.6.